The van der Waals surface area contributed by atoms with Crippen molar-refractivity contribution >= 4 is 21.6 Å². The molecule has 0 aliphatic heterocycles. The van der Waals surface area contributed by atoms with E-state index in [1.165, 1.54) is 6.92 Å². The Kier molecular flexibility index (Phi) is 7.09. The summed E-state index contributed by atoms with van der Waals surface area (Å²) in [4.78, 5) is 14.2. The topological polar surface area (TPSA) is 69.7 Å². The van der Waals surface area contributed by atoms with Gasteiger partial charge in [0.05, 0.1) is 11.9 Å². The van der Waals surface area contributed by atoms with Crippen LogP contribution in [-0.2, 0) is 14.8 Å². The molecule has 1 N–H and O–H groups in total. The van der Waals surface area contributed by atoms with Gasteiger partial charge in [0, 0.05) is 12.6 Å². The Hall–Kier alpha value is -1.74. The summed E-state index contributed by atoms with van der Waals surface area (Å²) in [6.45, 7) is 2.55. The van der Waals surface area contributed by atoms with Crippen LogP contribution in [0.2, 0.25) is 0 Å². The average Bonchev–Trinajstić information content (AvgIpc) is 2.45. The van der Waals surface area contributed by atoms with Gasteiger partial charge in [-0.15, -0.1) is 0 Å². The smallest absolute Gasteiger partial charge is 0.243 e. The van der Waals surface area contributed by atoms with E-state index in [2.05, 4.69) is 5.32 Å². The van der Waals surface area contributed by atoms with Gasteiger partial charge in [0.1, 0.15) is 6.04 Å². The van der Waals surface area contributed by atoms with Crippen LogP contribution in [0.5, 0.6) is 0 Å². The van der Waals surface area contributed by atoms with Crippen LogP contribution in [0.25, 0.3) is 0 Å². The molecule has 0 saturated carbocycles. The molecule has 6 nitrogen and oxygen atoms in total. The molecule has 0 radical (unpaired) electrons. The van der Waals surface area contributed by atoms with Gasteiger partial charge in [-0.1, -0.05) is 0 Å². The summed E-state index contributed by atoms with van der Waals surface area (Å²) in [5.74, 6) is -2.78. The number of nitrogens with one attached hydrogen (secondary N) is 1. The molecule has 1 aromatic carbocycles. The minimum atomic E-state index is -3.86. The monoisotopic (exact) mass is 363 g/mol. The largest absolute Gasteiger partial charge is 0.354 e. The maximum Gasteiger partial charge on any atom is 0.243 e. The number of carbonyl (C=O) groups excluding carboxylic acids is 1. The third-order valence-corrected chi connectivity index (χ3v) is 4.57. The van der Waals surface area contributed by atoms with Crippen molar-refractivity contribution in [2.75, 3.05) is 37.7 Å². The lowest BCUT2D eigenvalue weighted by Gasteiger charge is -2.28. The van der Waals surface area contributed by atoms with E-state index in [0.717, 1.165) is 35.3 Å². The molecule has 0 heterocycles. The molecule has 9 heteroatoms. The van der Waals surface area contributed by atoms with Crippen LogP contribution in [0, 0.1) is 11.6 Å². The SMILES string of the molecule is C[C@H](C(=O)NCCCN(C)C)N(c1ccc(F)c(F)c1)S(C)(=O)=O. The lowest BCUT2D eigenvalue weighted by molar-refractivity contribution is -0.121. The summed E-state index contributed by atoms with van der Waals surface area (Å²) >= 11 is 0. The summed E-state index contributed by atoms with van der Waals surface area (Å²) in [6, 6.07) is 1.61. The van der Waals surface area contributed by atoms with E-state index in [-0.39, 0.29) is 5.69 Å². The molecule has 0 unspecified atom stereocenters. The zero-order valence-electron chi connectivity index (χ0n) is 14.2. The molecule has 1 atom stereocenters. The van der Waals surface area contributed by atoms with Crippen LogP contribution >= 0.6 is 0 Å². The number of nitrogens with zero attached hydrogens (tertiary/aromatic N) is 2. The van der Waals surface area contributed by atoms with Crippen molar-refractivity contribution in [3.63, 3.8) is 0 Å². The minimum absolute atomic E-state index is 0.104. The van der Waals surface area contributed by atoms with Crippen molar-refractivity contribution in [1.82, 2.24) is 10.2 Å². The van der Waals surface area contributed by atoms with Crippen LogP contribution < -0.4 is 9.62 Å². The van der Waals surface area contributed by atoms with Crippen molar-refractivity contribution in [3.8, 4) is 0 Å². The molecule has 136 valence electrons. The van der Waals surface area contributed by atoms with Crippen molar-refractivity contribution in [2.45, 2.75) is 19.4 Å². The second-order valence-corrected chi connectivity index (χ2v) is 7.64. The first kappa shape index (κ1) is 20.3. The average molecular weight is 363 g/mol. The molecule has 0 fully saturated rings. The van der Waals surface area contributed by atoms with E-state index in [1.807, 2.05) is 19.0 Å². The molecule has 1 aromatic rings. The van der Waals surface area contributed by atoms with E-state index in [9.17, 15) is 22.0 Å². The number of hydrogen-bond acceptors (Lipinski definition) is 4. The first-order valence-corrected chi connectivity index (χ1v) is 9.25. The molecule has 0 aliphatic carbocycles. The number of halogens is 2. The summed E-state index contributed by atoms with van der Waals surface area (Å²) in [5.41, 5.74) is -0.104. The van der Waals surface area contributed by atoms with Gasteiger partial charge >= 0.3 is 0 Å². The standard InChI is InChI=1S/C15H23F2N3O3S/c1-11(15(21)18-8-5-9-19(2)3)20(24(4,22)23)12-6-7-13(16)14(17)10-12/h6-7,10-11H,5,8-9H2,1-4H3,(H,18,21)/t11-/m1/s1. The predicted octanol–water partition coefficient (Wildman–Crippen LogP) is 1.19. The molecule has 0 spiro atoms. The molecular formula is C15H23F2N3O3S. The Bertz CT molecular complexity index is 681. The maximum absolute atomic E-state index is 13.4. The van der Waals surface area contributed by atoms with Crippen LogP contribution in [0.3, 0.4) is 0 Å². The zero-order chi connectivity index (χ0) is 18.5. The van der Waals surface area contributed by atoms with E-state index in [1.54, 1.807) is 0 Å². The summed E-state index contributed by atoms with van der Waals surface area (Å²) < 4.78 is 51.3. The fourth-order valence-corrected chi connectivity index (χ4v) is 3.35. The molecule has 0 aromatic heterocycles. The first-order chi connectivity index (χ1) is 11.0. The van der Waals surface area contributed by atoms with E-state index >= 15 is 0 Å². The Morgan fingerprint density at radius 1 is 1.25 bits per heavy atom. The summed E-state index contributed by atoms with van der Waals surface area (Å²) in [5, 5.41) is 2.65. The number of carbonyl (C=O) groups is 1. The highest BCUT2D eigenvalue weighted by Crippen LogP contribution is 2.23. The second kappa shape index (κ2) is 8.39. The van der Waals surface area contributed by atoms with E-state index in [4.69, 9.17) is 0 Å². The normalized spacial score (nSPS) is 13.0. The number of rotatable bonds is 8. The molecule has 1 rings (SSSR count). The fourth-order valence-electron chi connectivity index (χ4n) is 2.19. The van der Waals surface area contributed by atoms with Gasteiger partial charge in [0.15, 0.2) is 11.6 Å². The third kappa shape index (κ3) is 5.72. The fraction of sp³-hybridized carbons (Fsp3) is 0.533. The maximum atomic E-state index is 13.4. The summed E-state index contributed by atoms with van der Waals surface area (Å²) in [7, 11) is -0.0573. The Morgan fingerprint density at radius 3 is 2.38 bits per heavy atom. The van der Waals surface area contributed by atoms with Gasteiger partial charge in [-0.3, -0.25) is 9.10 Å². The van der Waals surface area contributed by atoms with E-state index < -0.39 is 33.6 Å². The van der Waals surface area contributed by atoms with Crippen molar-refractivity contribution < 1.29 is 22.0 Å². The number of amides is 1. The highest BCUT2D eigenvalue weighted by Gasteiger charge is 2.29. The Labute approximate surface area is 141 Å². The highest BCUT2D eigenvalue weighted by atomic mass is 32.2. The lowest BCUT2D eigenvalue weighted by atomic mass is 10.2. The third-order valence-electron chi connectivity index (χ3n) is 3.33. The van der Waals surface area contributed by atoms with Gasteiger partial charge < -0.3 is 10.2 Å². The van der Waals surface area contributed by atoms with Crippen LogP contribution in [-0.4, -0.2) is 58.7 Å². The van der Waals surface area contributed by atoms with Gasteiger partial charge in [-0.05, 0) is 46.1 Å². The number of hydrogen-bond donors (Lipinski definition) is 1. The Morgan fingerprint density at radius 2 is 1.88 bits per heavy atom. The van der Waals surface area contributed by atoms with Gasteiger partial charge in [0.25, 0.3) is 0 Å². The van der Waals surface area contributed by atoms with Gasteiger partial charge in [-0.25, -0.2) is 17.2 Å². The second-order valence-electron chi connectivity index (χ2n) is 5.78. The van der Waals surface area contributed by atoms with E-state index in [0.29, 0.717) is 13.0 Å². The van der Waals surface area contributed by atoms with Gasteiger partial charge in [0.2, 0.25) is 15.9 Å². The lowest BCUT2D eigenvalue weighted by Crippen LogP contribution is -2.48. The highest BCUT2D eigenvalue weighted by molar-refractivity contribution is 7.92. The molecular weight excluding hydrogens is 340 g/mol. The number of anilines is 1. The molecule has 0 aliphatic rings. The minimum Gasteiger partial charge on any atom is -0.354 e. The number of sulfonamides is 1. The molecule has 1 amide bonds. The van der Waals surface area contributed by atoms with Crippen molar-refractivity contribution in [2.24, 2.45) is 0 Å². The van der Waals surface area contributed by atoms with Crippen LogP contribution in [0.1, 0.15) is 13.3 Å². The molecule has 0 saturated heterocycles. The van der Waals surface area contributed by atoms with Crippen LogP contribution in [0.15, 0.2) is 18.2 Å². The number of benzene rings is 1. The van der Waals surface area contributed by atoms with Crippen molar-refractivity contribution in [1.29, 1.82) is 0 Å². The quantitative estimate of drug-likeness (QED) is 0.705. The predicted molar refractivity (Wildman–Crippen MR) is 89.3 cm³/mol. The first-order valence-electron chi connectivity index (χ1n) is 7.41. The summed E-state index contributed by atoms with van der Waals surface area (Å²) in [6.07, 6.45) is 1.61. The van der Waals surface area contributed by atoms with Gasteiger partial charge in [-0.2, -0.15) is 0 Å². The molecule has 24 heavy (non-hydrogen) atoms. The van der Waals surface area contributed by atoms with Crippen LogP contribution in [0.4, 0.5) is 14.5 Å². The molecule has 0 bridgehead atoms. The Balaban J connectivity index is 2.92. The van der Waals surface area contributed by atoms with Crippen molar-refractivity contribution in [3.05, 3.63) is 29.8 Å². The zero-order valence-corrected chi connectivity index (χ0v) is 15.0.